The van der Waals surface area contributed by atoms with Crippen LogP contribution in [-0.4, -0.2) is 31.1 Å². The highest BCUT2D eigenvalue weighted by Crippen LogP contribution is 2.39. The number of fused-ring (bicyclic) bond motifs is 1. The first kappa shape index (κ1) is 24.9. The van der Waals surface area contributed by atoms with Crippen LogP contribution >= 0.6 is 0 Å². The molecule has 1 N–H and O–H groups in total. The number of hydrogen-bond donors (Lipinski definition) is 1. The summed E-state index contributed by atoms with van der Waals surface area (Å²) in [7, 11) is 0. The van der Waals surface area contributed by atoms with E-state index in [0.29, 0.717) is 29.7 Å². The molecule has 1 aliphatic rings. The van der Waals surface area contributed by atoms with Crippen molar-refractivity contribution < 1.29 is 31.5 Å². The van der Waals surface area contributed by atoms with Gasteiger partial charge < -0.3 is 4.74 Å². The van der Waals surface area contributed by atoms with Crippen LogP contribution in [0.15, 0.2) is 54.7 Å². The molecule has 0 radical (unpaired) electrons. The summed E-state index contributed by atoms with van der Waals surface area (Å²) in [5.74, 6) is -0.409. The van der Waals surface area contributed by atoms with Gasteiger partial charge in [-0.15, -0.1) is 0 Å². The number of alkyl halides is 3. The van der Waals surface area contributed by atoms with Crippen LogP contribution in [0.4, 0.5) is 18.9 Å². The van der Waals surface area contributed by atoms with Gasteiger partial charge in [0.1, 0.15) is 6.54 Å². The number of rotatable bonds is 7. The monoisotopic (exact) mass is 507 g/mol. The third-order valence-electron chi connectivity index (χ3n) is 5.91. The van der Waals surface area contributed by atoms with Gasteiger partial charge in [0.25, 0.3) is 11.3 Å². The molecule has 0 bridgehead atoms. The summed E-state index contributed by atoms with van der Waals surface area (Å²) in [5, 5.41) is 4.30. The van der Waals surface area contributed by atoms with E-state index in [2.05, 4.69) is 5.10 Å². The van der Waals surface area contributed by atoms with E-state index >= 15 is 0 Å². The Morgan fingerprint density at radius 1 is 1.23 bits per heavy atom. The van der Waals surface area contributed by atoms with Crippen LogP contribution in [0.1, 0.15) is 42.6 Å². The number of anilines is 1. The van der Waals surface area contributed by atoms with Crippen LogP contribution in [0.2, 0.25) is 0 Å². The first-order valence-corrected chi connectivity index (χ1v) is 12.1. The average molecular weight is 508 g/mol. The summed E-state index contributed by atoms with van der Waals surface area (Å²) in [6.45, 7) is 1.95. The fourth-order valence-corrected chi connectivity index (χ4v) is 5.10. The van der Waals surface area contributed by atoms with Crippen LogP contribution in [-0.2, 0) is 39.9 Å². The zero-order chi connectivity index (χ0) is 25.2. The van der Waals surface area contributed by atoms with Gasteiger partial charge in [0.15, 0.2) is 0 Å². The molecule has 186 valence electrons. The van der Waals surface area contributed by atoms with Gasteiger partial charge in [0.2, 0.25) is 0 Å². The van der Waals surface area contributed by atoms with E-state index in [1.54, 1.807) is 48.1 Å². The summed E-state index contributed by atoms with van der Waals surface area (Å²) >= 11 is -2.37. The zero-order valence-electron chi connectivity index (χ0n) is 18.9. The summed E-state index contributed by atoms with van der Waals surface area (Å²) in [4.78, 5) is 11.9. The smallest absolute Gasteiger partial charge is 0.416 e. The van der Waals surface area contributed by atoms with E-state index in [0.717, 1.165) is 29.8 Å². The standard InChI is InChI=1S/C24H24F3N3O4S/c1-2-34-23(31)15-29-21-7-4-8-22(20(21)14-28-29)30(35(32)33)19-11-9-16(10-12-19)17-5-3-6-18(13-17)24(25,26)27/h3,5-6,9-14,22H,2,4,7-8,15H2,1H3,(H,32,33). The van der Waals surface area contributed by atoms with Crippen LogP contribution in [0.3, 0.4) is 0 Å². The number of aromatic nitrogens is 2. The minimum atomic E-state index is -4.45. The van der Waals surface area contributed by atoms with Crippen molar-refractivity contribution in [2.75, 3.05) is 10.9 Å². The second-order valence-corrected chi connectivity index (χ2v) is 8.95. The Hall–Kier alpha value is -3.18. The maximum Gasteiger partial charge on any atom is 0.416 e. The van der Waals surface area contributed by atoms with Gasteiger partial charge >= 0.3 is 12.1 Å². The number of hydrogen-bond acceptors (Lipinski definition) is 4. The molecule has 0 spiro atoms. The number of esters is 1. The predicted molar refractivity (Wildman–Crippen MR) is 125 cm³/mol. The molecule has 0 aliphatic heterocycles. The highest BCUT2D eigenvalue weighted by molar-refractivity contribution is 7.80. The molecule has 0 amide bonds. The molecule has 4 rings (SSSR count). The topological polar surface area (TPSA) is 84.7 Å². The zero-order valence-corrected chi connectivity index (χ0v) is 19.7. The first-order valence-electron chi connectivity index (χ1n) is 11.1. The number of ether oxygens (including phenoxy) is 1. The van der Waals surface area contributed by atoms with Crippen molar-refractivity contribution in [1.29, 1.82) is 0 Å². The number of carbonyl (C=O) groups is 1. The van der Waals surface area contributed by atoms with E-state index in [-0.39, 0.29) is 13.2 Å². The molecule has 7 nitrogen and oxygen atoms in total. The van der Waals surface area contributed by atoms with E-state index in [1.165, 1.54) is 10.4 Å². The fourth-order valence-electron chi connectivity index (χ4n) is 4.36. The SMILES string of the molecule is CCOC(=O)Cn1ncc2c1CCCC2N(c1ccc(-c2cccc(C(F)(F)F)c2)cc1)S(=O)O. The minimum Gasteiger partial charge on any atom is -0.465 e. The van der Waals surface area contributed by atoms with Crippen molar-refractivity contribution in [3.63, 3.8) is 0 Å². The Kier molecular flexibility index (Phi) is 7.27. The molecule has 0 fully saturated rings. The maximum atomic E-state index is 13.1. The largest absolute Gasteiger partial charge is 0.465 e. The number of carbonyl (C=O) groups excluding carboxylic acids is 1. The van der Waals surface area contributed by atoms with Gasteiger partial charge in [0.05, 0.1) is 30.1 Å². The van der Waals surface area contributed by atoms with E-state index < -0.39 is 35.0 Å². The van der Waals surface area contributed by atoms with Gasteiger partial charge in [-0.1, -0.05) is 24.3 Å². The van der Waals surface area contributed by atoms with Crippen molar-refractivity contribution in [3.05, 3.63) is 71.5 Å². The van der Waals surface area contributed by atoms with Gasteiger partial charge in [-0.2, -0.15) is 18.3 Å². The third-order valence-corrected chi connectivity index (χ3v) is 6.71. The Labute approximate surface area is 202 Å². The van der Waals surface area contributed by atoms with E-state index in [1.807, 2.05) is 0 Å². The summed E-state index contributed by atoms with van der Waals surface area (Å²) in [6.07, 6.45) is -0.847. The summed E-state index contributed by atoms with van der Waals surface area (Å²) in [5.41, 5.74) is 2.21. The van der Waals surface area contributed by atoms with Crippen molar-refractivity contribution in [1.82, 2.24) is 9.78 Å². The lowest BCUT2D eigenvalue weighted by atomic mass is 9.92. The molecule has 3 aromatic rings. The Morgan fingerprint density at radius 3 is 2.63 bits per heavy atom. The van der Waals surface area contributed by atoms with Crippen LogP contribution in [0, 0.1) is 0 Å². The normalized spacial score (nSPS) is 16.4. The fraction of sp³-hybridized carbons (Fsp3) is 0.333. The van der Waals surface area contributed by atoms with E-state index in [9.17, 15) is 26.7 Å². The molecule has 0 saturated heterocycles. The first-order chi connectivity index (χ1) is 16.7. The lowest BCUT2D eigenvalue weighted by Crippen LogP contribution is -2.33. The van der Waals surface area contributed by atoms with Crippen LogP contribution < -0.4 is 4.31 Å². The molecular weight excluding hydrogens is 483 g/mol. The molecule has 1 heterocycles. The molecule has 2 unspecified atom stereocenters. The maximum absolute atomic E-state index is 13.1. The molecule has 2 atom stereocenters. The van der Waals surface area contributed by atoms with E-state index in [4.69, 9.17) is 4.74 Å². The molecule has 2 aromatic carbocycles. The molecule has 1 aliphatic carbocycles. The van der Waals surface area contributed by atoms with Gasteiger partial charge in [-0.05, 0) is 61.6 Å². The summed E-state index contributed by atoms with van der Waals surface area (Å²) in [6, 6.07) is 11.0. The van der Waals surface area contributed by atoms with Crippen molar-refractivity contribution in [3.8, 4) is 11.1 Å². The van der Waals surface area contributed by atoms with Crippen molar-refractivity contribution in [2.24, 2.45) is 0 Å². The highest BCUT2D eigenvalue weighted by atomic mass is 32.2. The Morgan fingerprint density at radius 2 is 1.97 bits per heavy atom. The third kappa shape index (κ3) is 5.40. The Balaban J connectivity index is 1.62. The summed E-state index contributed by atoms with van der Waals surface area (Å²) < 4.78 is 69.7. The van der Waals surface area contributed by atoms with Gasteiger partial charge in [-0.25, -0.2) is 4.21 Å². The Bertz CT molecular complexity index is 1230. The lowest BCUT2D eigenvalue weighted by Gasteiger charge is -2.33. The molecule has 11 heteroatoms. The molecule has 1 aromatic heterocycles. The number of halogens is 3. The average Bonchev–Trinajstić information content (AvgIpc) is 3.22. The minimum absolute atomic E-state index is 0.0379. The van der Waals surface area contributed by atoms with Gasteiger partial charge in [-0.3, -0.25) is 18.3 Å². The van der Waals surface area contributed by atoms with Crippen LogP contribution in [0.5, 0.6) is 0 Å². The van der Waals surface area contributed by atoms with Crippen molar-refractivity contribution >= 4 is 22.9 Å². The van der Waals surface area contributed by atoms with Crippen LogP contribution in [0.25, 0.3) is 11.1 Å². The number of benzene rings is 2. The van der Waals surface area contributed by atoms with Gasteiger partial charge in [0, 0.05) is 11.3 Å². The number of nitrogens with zero attached hydrogens (tertiary/aromatic N) is 3. The molecular formula is C24H24F3N3O4S. The predicted octanol–water partition coefficient (Wildman–Crippen LogP) is 5.15. The highest BCUT2D eigenvalue weighted by Gasteiger charge is 2.33. The quantitative estimate of drug-likeness (QED) is 0.353. The second kappa shape index (κ2) is 10.2. The second-order valence-electron chi connectivity index (χ2n) is 8.10. The molecule has 0 saturated carbocycles. The molecule has 35 heavy (non-hydrogen) atoms. The lowest BCUT2D eigenvalue weighted by molar-refractivity contribution is -0.144. The van der Waals surface area contributed by atoms with Crippen molar-refractivity contribution in [2.45, 2.75) is 44.9 Å².